The maximum Gasteiger partial charge on any atom is 0.340 e. The fourth-order valence-corrected chi connectivity index (χ4v) is 2.81. The lowest BCUT2D eigenvalue weighted by Gasteiger charge is -2.14. The van der Waals surface area contributed by atoms with Crippen LogP contribution in [0.1, 0.15) is 46.0 Å². The van der Waals surface area contributed by atoms with Gasteiger partial charge in [0, 0.05) is 23.1 Å². The highest BCUT2D eigenvalue weighted by atomic mass is 16.5. The summed E-state index contributed by atoms with van der Waals surface area (Å²) in [5.74, 6) is -0.618. The molecule has 0 radical (unpaired) electrons. The Kier molecular flexibility index (Phi) is 6.06. The molecule has 154 valence electrons. The highest BCUT2D eigenvalue weighted by molar-refractivity contribution is 5.98. The van der Waals surface area contributed by atoms with Crippen molar-refractivity contribution in [2.75, 3.05) is 5.32 Å². The fraction of sp³-hybridized carbons (Fsp3) is 0.227. The summed E-state index contributed by atoms with van der Waals surface area (Å²) in [6.45, 7) is 6.75. The van der Waals surface area contributed by atoms with E-state index in [4.69, 9.17) is 4.74 Å². The first-order valence-corrected chi connectivity index (χ1v) is 9.37. The molecule has 0 bridgehead atoms. The number of aromatic nitrogens is 3. The van der Waals surface area contributed by atoms with Crippen LogP contribution in [0.15, 0.2) is 48.7 Å². The van der Waals surface area contributed by atoms with Crippen molar-refractivity contribution in [3.8, 4) is 5.82 Å². The normalized spacial score (nSPS) is 11.6. The Bertz CT molecular complexity index is 1090. The summed E-state index contributed by atoms with van der Waals surface area (Å²) in [5, 5.41) is 7.00. The quantitative estimate of drug-likeness (QED) is 0.498. The molecule has 1 atom stereocenters. The number of ketones is 1. The molecule has 0 aliphatic heterocycles. The van der Waals surface area contributed by atoms with Crippen molar-refractivity contribution in [1.29, 1.82) is 0 Å². The second kappa shape index (κ2) is 8.69. The van der Waals surface area contributed by atoms with E-state index >= 15 is 0 Å². The fourth-order valence-electron chi connectivity index (χ4n) is 2.81. The van der Waals surface area contributed by atoms with Crippen LogP contribution < -0.4 is 5.32 Å². The molecule has 0 fully saturated rings. The van der Waals surface area contributed by atoms with Gasteiger partial charge in [0.15, 0.2) is 17.7 Å². The van der Waals surface area contributed by atoms with Gasteiger partial charge in [-0.3, -0.25) is 9.59 Å². The van der Waals surface area contributed by atoms with Gasteiger partial charge in [0.05, 0.1) is 11.3 Å². The predicted octanol–water partition coefficient (Wildman–Crippen LogP) is 3.27. The molecule has 2 aromatic heterocycles. The molecule has 1 aromatic carbocycles. The number of hydrogen-bond acceptors (Lipinski definition) is 6. The molecule has 0 saturated heterocycles. The molecule has 1 unspecified atom stereocenters. The zero-order chi connectivity index (χ0) is 21.8. The number of amides is 1. The number of pyridine rings is 1. The zero-order valence-electron chi connectivity index (χ0n) is 17.2. The van der Waals surface area contributed by atoms with Crippen LogP contribution in [0, 0.1) is 13.8 Å². The van der Waals surface area contributed by atoms with Crippen molar-refractivity contribution in [2.24, 2.45) is 0 Å². The van der Waals surface area contributed by atoms with Crippen molar-refractivity contribution in [3.63, 3.8) is 0 Å². The number of ether oxygens (including phenoxy) is 1. The zero-order valence-corrected chi connectivity index (χ0v) is 17.2. The third-order valence-electron chi connectivity index (χ3n) is 4.42. The highest BCUT2D eigenvalue weighted by Gasteiger charge is 2.19. The number of rotatable bonds is 6. The maximum absolute atomic E-state index is 12.3. The molecule has 0 spiro atoms. The average Bonchev–Trinajstić information content (AvgIpc) is 3.06. The second-order valence-corrected chi connectivity index (χ2v) is 6.91. The van der Waals surface area contributed by atoms with E-state index in [1.165, 1.54) is 20.0 Å². The lowest BCUT2D eigenvalue weighted by atomic mass is 10.1. The number of carbonyl (C=O) groups is 3. The van der Waals surface area contributed by atoms with Crippen molar-refractivity contribution >= 4 is 23.3 Å². The standard InChI is InChI=1S/C22H22N4O4/c1-13-11-14(2)26(25-13)20-10-7-18(12-23-20)22(29)30-16(4)21(28)24-19-8-5-17(6-9-19)15(3)27/h5-12,16H,1-4H3,(H,24,28). The molecule has 1 amide bonds. The number of Topliss-reactive ketones (excluding diaryl/α,β-unsaturated/α-hetero) is 1. The van der Waals surface area contributed by atoms with Crippen LogP contribution in [0.4, 0.5) is 5.69 Å². The van der Waals surface area contributed by atoms with Gasteiger partial charge in [-0.2, -0.15) is 5.10 Å². The van der Waals surface area contributed by atoms with Crippen molar-refractivity contribution in [2.45, 2.75) is 33.8 Å². The SMILES string of the molecule is CC(=O)c1ccc(NC(=O)C(C)OC(=O)c2ccc(-n3nc(C)cc3C)nc2)cc1. The van der Waals surface area contributed by atoms with Crippen LogP contribution >= 0.6 is 0 Å². The largest absolute Gasteiger partial charge is 0.449 e. The van der Waals surface area contributed by atoms with Crippen LogP contribution in [0.25, 0.3) is 5.82 Å². The number of anilines is 1. The molecular weight excluding hydrogens is 384 g/mol. The van der Waals surface area contributed by atoms with E-state index < -0.39 is 18.0 Å². The molecule has 3 rings (SSSR count). The summed E-state index contributed by atoms with van der Waals surface area (Å²) in [4.78, 5) is 40.2. The molecule has 3 aromatic rings. The second-order valence-electron chi connectivity index (χ2n) is 6.91. The first-order chi connectivity index (χ1) is 14.2. The minimum atomic E-state index is -1.01. The van der Waals surface area contributed by atoms with E-state index in [-0.39, 0.29) is 11.3 Å². The van der Waals surface area contributed by atoms with Crippen LogP contribution in [-0.2, 0) is 9.53 Å². The van der Waals surface area contributed by atoms with Crippen molar-refractivity contribution in [1.82, 2.24) is 14.8 Å². The molecule has 0 saturated carbocycles. The molecule has 8 nitrogen and oxygen atoms in total. The Balaban J connectivity index is 1.61. The molecule has 1 N–H and O–H groups in total. The van der Waals surface area contributed by atoms with E-state index in [1.807, 2.05) is 19.9 Å². The Morgan fingerprint density at radius 1 is 1.03 bits per heavy atom. The van der Waals surface area contributed by atoms with Crippen LogP contribution in [0.2, 0.25) is 0 Å². The van der Waals surface area contributed by atoms with Crippen LogP contribution in [0.3, 0.4) is 0 Å². The van der Waals surface area contributed by atoms with Gasteiger partial charge in [-0.25, -0.2) is 14.5 Å². The van der Waals surface area contributed by atoms with E-state index in [1.54, 1.807) is 41.1 Å². The molecule has 8 heteroatoms. The first-order valence-electron chi connectivity index (χ1n) is 9.37. The summed E-state index contributed by atoms with van der Waals surface area (Å²) in [6.07, 6.45) is 0.375. The molecule has 0 aliphatic rings. The summed E-state index contributed by atoms with van der Waals surface area (Å²) >= 11 is 0. The molecule has 0 aliphatic carbocycles. The van der Waals surface area contributed by atoms with Gasteiger partial charge >= 0.3 is 5.97 Å². The summed E-state index contributed by atoms with van der Waals surface area (Å²) in [6, 6.07) is 11.6. The highest BCUT2D eigenvalue weighted by Crippen LogP contribution is 2.13. The van der Waals surface area contributed by atoms with Crippen LogP contribution in [0.5, 0.6) is 0 Å². The maximum atomic E-state index is 12.3. The Hall–Kier alpha value is -3.81. The van der Waals surface area contributed by atoms with Gasteiger partial charge in [-0.1, -0.05) is 0 Å². The lowest BCUT2D eigenvalue weighted by molar-refractivity contribution is -0.123. The number of hydrogen-bond donors (Lipinski definition) is 1. The van der Waals surface area contributed by atoms with E-state index in [0.29, 0.717) is 17.1 Å². The predicted molar refractivity (Wildman–Crippen MR) is 111 cm³/mol. The Morgan fingerprint density at radius 3 is 2.23 bits per heavy atom. The number of aryl methyl sites for hydroxylation is 2. The number of nitrogens with zero attached hydrogens (tertiary/aromatic N) is 3. The van der Waals surface area contributed by atoms with Gasteiger partial charge in [0.1, 0.15) is 0 Å². The number of nitrogens with one attached hydrogen (secondary N) is 1. The number of esters is 1. The van der Waals surface area contributed by atoms with Gasteiger partial charge in [-0.05, 0) is 70.2 Å². The van der Waals surface area contributed by atoms with Crippen molar-refractivity contribution < 1.29 is 19.1 Å². The summed E-state index contributed by atoms with van der Waals surface area (Å²) < 4.78 is 6.92. The van der Waals surface area contributed by atoms with Gasteiger partial charge in [0.2, 0.25) is 0 Å². The third-order valence-corrected chi connectivity index (χ3v) is 4.42. The molecular formula is C22H22N4O4. The minimum Gasteiger partial charge on any atom is -0.449 e. The van der Waals surface area contributed by atoms with E-state index in [2.05, 4.69) is 15.4 Å². The Morgan fingerprint density at radius 2 is 1.70 bits per heavy atom. The number of carbonyl (C=O) groups excluding carboxylic acids is 3. The van der Waals surface area contributed by atoms with Crippen molar-refractivity contribution in [3.05, 3.63) is 71.2 Å². The number of benzene rings is 1. The van der Waals surface area contributed by atoms with Crippen LogP contribution in [-0.4, -0.2) is 38.5 Å². The van der Waals surface area contributed by atoms with E-state index in [9.17, 15) is 14.4 Å². The summed E-state index contributed by atoms with van der Waals surface area (Å²) in [7, 11) is 0. The van der Waals surface area contributed by atoms with Gasteiger partial charge < -0.3 is 10.1 Å². The van der Waals surface area contributed by atoms with Gasteiger partial charge in [-0.15, -0.1) is 0 Å². The lowest BCUT2D eigenvalue weighted by Crippen LogP contribution is -2.30. The third kappa shape index (κ3) is 4.78. The topological polar surface area (TPSA) is 103 Å². The smallest absolute Gasteiger partial charge is 0.340 e. The molecule has 30 heavy (non-hydrogen) atoms. The monoisotopic (exact) mass is 406 g/mol. The summed E-state index contributed by atoms with van der Waals surface area (Å²) in [5.41, 5.74) is 3.07. The first kappa shape index (κ1) is 20.9. The van der Waals surface area contributed by atoms with E-state index in [0.717, 1.165) is 11.4 Å². The van der Waals surface area contributed by atoms with Gasteiger partial charge in [0.25, 0.3) is 5.91 Å². The Labute approximate surface area is 173 Å². The minimum absolute atomic E-state index is 0.0624. The molecule has 2 heterocycles. The average molecular weight is 406 g/mol.